The lowest BCUT2D eigenvalue weighted by atomic mass is 9.96. The minimum absolute atomic E-state index is 0.122. The predicted octanol–water partition coefficient (Wildman–Crippen LogP) is 13.0. The van der Waals surface area contributed by atoms with Gasteiger partial charge in [0, 0.05) is 54.1 Å². The summed E-state index contributed by atoms with van der Waals surface area (Å²) in [5, 5.41) is 10.8. The van der Waals surface area contributed by atoms with E-state index in [1.165, 1.54) is 53.2 Å². The van der Waals surface area contributed by atoms with E-state index in [0.29, 0.717) is 0 Å². The summed E-state index contributed by atoms with van der Waals surface area (Å²) in [5.74, 6) is 1.81. The highest BCUT2D eigenvalue weighted by atomic mass is 32.1. The van der Waals surface area contributed by atoms with Gasteiger partial charge in [-0.2, -0.15) is 0 Å². The Hall–Kier alpha value is -7.02. The zero-order chi connectivity index (χ0) is 37.5. The molecule has 270 valence electrons. The average molecular weight is 751 g/mol. The van der Waals surface area contributed by atoms with Gasteiger partial charge in [0.2, 0.25) is 0 Å². The molecule has 1 aliphatic heterocycles. The molecule has 0 radical (unpaired) electrons. The maximum atomic E-state index is 6.58. The fourth-order valence-corrected chi connectivity index (χ4v) is 10.2. The molecule has 7 aromatic carbocycles. The van der Waals surface area contributed by atoms with Gasteiger partial charge in [0.25, 0.3) is 0 Å². The molecule has 0 amide bonds. The van der Waals surface area contributed by atoms with Crippen LogP contribution in [0.15, 0.2) is 190 Å². The first kappa shape index (κ1) is 32.2. The Labute approximate surface area is 332 Å². The Kier molecular flexibility index (Phi) is 7.22. The zero-order valence-electron chi connectivity index (χ0n) is 30.8. The normalized spacial score (nSPS) is 16.9. The van der Waals surface area contributed by atoms with E-state index in [1.54, 1.807) is 0 Å². The van der Waals surface area contributed by atoms with Crippen molar-refractivity contribution in [2.45, 2.75) is 12.6 Å². The van der Waals surface area contributed by atoms with E-state index in [2.05, 4.69) is 168 Å². The summed E-state index contributed by atoms with van der Waals surface area (Å²) < 4.78 is 11.6. The number of hydrogen-bond donors (Lipinski definition) is 1. The van der Waals surface area contributed by atoms with Gasteiger partial charge in [-0.3, -0.25) is 0 Å². The van der Waals surface area contributed by atoms with Crippen LogP contribution in [0.25, 0.3) is 80.7 Å². The van der Waals surface area contributed by atoms with Crippen LogP contribution in [0.3, 0.4) is 0 Å². The molecule has 12 rings (SSSR count). The van der Waals surface area contributed by atoms with Crippen molar-refractivity contribution in [3.05, 3.63) is 187 Å². The van der Waals surface area contributed by atoms with Gasteiger partial charge in [0.05, 0.1) is 21.4 Å². The molecule has 1 N–H and O–H groups in total. The predicted molar refractivity (Wildman–Crippen MR) is 239 cm³/mol. The minimum atomic E-state index is -0.122. The topological polar surface area (TPSA) is 54.8 Å². The lowest BCUT2D eigenvalue weighted by Crippen LogP contribution is -2.43. The molecule has 5 nitrogen and oxygen atoms in total. The molecule has 0 spiro atoms. The molecule has 6 heteroatoms. The summed E-state index contributed by atoms with van der Waals surface area (Å²) in [6, 6.07) is 54.2. The number of rotatable bonds is 5. The third-order valence-electron chi connectivity index (χ3n) is 11.6. The molecule has 10 aromatic rings. The number of amidine groups is 2. The molecule has 0 saturated carbocycles. The quantitative estimate of drug-likeness (QED) is 0.190. The molecule has 2 atom stereocenters. The molecular weight excluding hydrogens is 717 g/mol. The van der Waals surface area contributed by atoms with Gasteiger partial charge in [-0.1, -0.05) is 127 Å². The van der Waals surface area contributed by atoms with Gasteiger partial charge in [-0.15, -0.1) is 11.3 Å². The second kappa shape index (κ2) is 12.8. The smallest absolute Gasteiger partial charge is 0.159 e. The standard InChI is InChI=1S/C51H34N4OS/c1-3-13-31(14-4-1)49-52-50(32-15-5-2-6-16-32)54-51(53-49)34-26-28-45-41(29-34)38-27-25-33(30-46(38)56-45)35-19-11-20-39-40-21-12-24-44(48(40)57-47(35)39)55-42-22-9-7-17-36(42)37-18-8-10-23-43(37)55/h1-15,17-30,32,50H,16H2,(H,52,53,54). The number of para-hydroxylation sites is 2. The summed E-state index contributed by atoms with van der Waals surface area (Å²) in [7, 11) is 0. The molecule has 0 bridgehead atoms. The minimum Gasteiger partial charge on any atom is -0.456 e. The number of aromatic nitrogens is 1. The van der Waals surface area contributed by atoms with Gasteiger partial charge in [-0.25, -0.2) is 9.98 Å². The van der Waals surface area contributed by atoms with Crippen LogP contribution < -0.4 is 5.32 Å². The number of aliphatic imine (C=N–C) groups is 2. The van der Waals surface area contributed by atoms with E-state index >= 15 is 0 Å². The molecular formula is C51H34N4OS. The third kappa shape index (κ3) is 5.14. The van der Waals surface area contributed by atoms with Crippen molar-refractivity contribution in [3.8, 4) is 16.8 Å². The fraction of sp³-hybridized carbons (Fsp3) is 0.0588. The first-order valence-electron chi connectivity index (χ1n) is 19.5. The Morgan fingerprint density at radius 2 is 1.32 bits per heavy atom. The van der Waals surface area contributed by atoms with Gasteiger partial charge >= 0.3 is 0 Å². The van der Waals surface area contributed by atoms with Gasteiger partial charge < -0.3 is 14.3 Å². The summed E-state index contributed by atoms with van der Waals surface area (Å²) in [4.78, 5) is 10.3. The molecule has 2 unspecified atom stereocenters. The summed E-state index contributed by atoms with van der Waals surface area (Å²) in [6.07, 6.45) is 9.47. The molecule has 4 heterocycles. The van der Waals surface area contributed by atoms with Crippen LogP contribution in [0, 0.1) is 5.92 Å². The zero-order valence-corrected chi connectivity index (χ0v) is 31.6. The lowest BCUT2D eigenvalue weighted by molar-refractivity contribution is 0.475. The van der Waals surface area contributed by atoms with Crippen molar-refractivity contribution >= 4 is 86.9 Å². The van der Waals surface area contributed by atoms with Crippen LogP contribution in [0.2, 0.25) is 0 Å². The largest absolute Gasteiger partial charge is 0.456 e. The van der Waals surface area contributed by atoms with E-state index in [1.807, 2.05) is 29.5 Å². The molecule has 0 saturated heterocycles. The van der Waals surface area contributed by atoms with E-state index in [4.69, 9.17) is 14.4 Å². The maximum Gasteiger partial charge on any atom is 0.159 e. The van der Waals surface area contributed by atoms with Crippen LogP contribution in [0.4, 0.5) is 0 Å². The monoisotopic (exact) mass is 750 g/mol. The second-order valence-corrected chi connectivity index (χ2v) is 15.9. The molecule has 3 aromatic heterocycles. The van der Waals surface area contributed by atoms with Crippen LogP contribution in [-0.2, 0) is 0 Å². The third-order valence-corrected chi connectivity index (χ3v) is 12.9. The molecule has 0 fully saturated rings. The van der Waals surface area contributed by atoms with Crippen molar-refractivity contribution in [1.29, 1.82) is 0 Å². The van der Waals surface area contributed by atoms with Crippen molar-refractivity contribution in [2.24, 2.45) is 15.9 Å². The Balaban J connectivity index is 0.964. The number of fused-ring (bicyclic) bond motifs is 9. The first-order chi connectivity index (χ1) is 28.2. The van der Waals surface area contributed by atoms with Gasteiger partial charge in [0.1, 0.15) is 23.2 Å². The number of nitrogens with zero attached hydrogens (tertiary/aromatic N) is 3. The molecule has 57 heavy (non-hydrogen) atoms. The van der Waals surface area contributed by atoms with Crippen LogP contribution in [0.1, 0.15) is 17.5 Å². The second-order valence-electron chi connectivity index (χ2n) is 14.9. The highest BCUT2D eigenvalue weighted by molar-refractivity contribution is 7.26. The maximum absolute atomic E-state index is 6.58. The van der Waals surface area contributed by atoms with Gasteiger partial charge in [-0.05, 0) is 66.1 Å². The van der Waals surface area contributed by atoms with E-state index in [9.17, 15) is 0 Å². The number of benzene rings is 7. The van der Waals surface area contributed by atoms with Crippen molar-refractivity contribution in [3.63, 3.8) is 0 Å². The highest BCUT2D eigenvalue weighted by Gasteiger charge is 2.26. The van der Waals surface area contributed by atoms with Crippen LogP contribution >= 0.6 is 11.3 Å². The van der Waals surface area contributed by atoms with E-state index in [0.717, 1.165) is 56.7 Å². The summed E-state index contributed by atoms with van der Waals surface area (Å²) in [6.45, 7) is 0. The Bertz CT molecular complexity index is 3320. The van der Waals surface area contributed by atoms with Crippen molar-refractivity contribution in [2.75, 3.05) is 0 Å². The number of allylic oxidation sites excluding steroid dienone is 3. The van der Waals surface area contributed by atoms with E-state index in [-0.39, 0.29) is 12.1 Å². The SMILES string of the molecule is C1=CCC(C2N=C(c3ccc4oc5cc(-c6cccc7c6sc6c(-n8c9ccccc9c9ccccc98)cccc67)ccc5c4c3)N=C(c3ccccc3)N2)C=C1. The number of thiophene rings is 1. The Morgan fingerprint density at radius 3 is 2.12 bits per heavy atom. The summed E-state index contributed by atoms with van der Waals surface area (Å²) >= 11 is 1.87. The number of furan rings is 1. The first-order valence-corrected chi connectivity index (χ1v) is 20.3. The number of hydrogen-bond acceptors (Lipinski definition) is 5. The molecule has 1 aliphatic carbocycles. The van der Waals surface area contributed by atoms with Gasteiger partial charge in [0.15, 0.2) is 5.84 Å². The summed E-state index contributed by atoms with van der Waals surface area (Å²) in [5.41, 5.74) is 9.71. The average Bonchev–Trinajstić information content (AvgIpc) is 3.96. The van der Waals surface area contributed by atoms with E-state index < -0.39 is 0 Å². The van der Waals surface area contributed by atoms with Crippen LogP contribution in [0.5, 0.6) is 0 Å². The van der Waals surface area contributed by atoms with Crippen LogP contribution in [-0.4, -0.2) is 22.4 Å². The highest BCUT2D eigenvalue weighted by Crippen LogP contribution is 2.45. The lowest BCUT2D eigenvalue weighted by Gasteiger charge is -2.28. The Morgan fingerprint density at radius 1 is 0.579 bits per heavy atom. The number of nitrogens with one attached hydrogen (secondary N) is 1. The van der Waals surface area contributed by atoms with Crippen molar-refractivity contribution < 1.29 is 4.42 Å². The molecule has 2 aliphatic rings. The fourth-order valence-electron chi connectivity index (χ4n) is 8.87. The van der Waals surface area contributed by atoms with Crippen molar-refractivity contribution in [1.82, 2.24) is 9.88 Å².